The predicted octanol–water partition coefficient (Wildman–Crippen LogP) is 1.74. The van der Waals surface area contributed by atoms with Crippen LogP contribution in [-0.4, -0.2) is 27.5 Å². The van der Waals surface area contributed by atoms with E-state index in [1.807, 2.05) is 20.8 Å². The van der Waals surface area contributed by atoms with E-state index < -0.39 is 0 Å². The molecule has 1 rings (SSSR count). The van der Waals surface area contributed by atoms with Crippen molar-refractivity contribution >= 4 is 17.3 Å². The lowest BCUT2D eigenvalue weighted by Crippen LogP contribution is -2.31. The number of nitrogens with one attached hydrogen (secondary N) is 1. The molecule has 0 aliphatic carbocycles. The third-order valence-corrected chi connectivity index (χ3v) is 3.13. The Labute approximate surface area is 112 Å². The largest absolute Gasteiger partial charge is 0.394 e. The van der Waals surface area contributed by atoms with Gasteiger partial charge in [-0.25, -0.2) is 4.68 Å². The molecule has 5 nitrogen and oxygen atoms in total. The molecule has 0 bridgehead atoms. The molecule has 6 heteroatoms. The number of halogens is 1. The van der Waals surface area contributed by atoms with Crippen LogP contribution in [0.25, 0.3) is 0 Å². The van der Waals surface area contributed by atoms with Crippen LogP contribution in [0.4, 0.5) is 5.69 Å². The summed E-state index contributed by atoms with van der Waals surface area (Å²) in [5.41, 5.74) is 0.172. The summed E-state index contributed by atoms with van der Waals surface area (Å²) in [4.78, 5) is 11.9. The van der Waals surface area contributed by atoms with Gasteiger partial charge in [0.25, 0.3) is 5.56 Å². The minimum Gasteiger partial charge on any atom is -0.394 e. The maximum absolute atomic E-state index is 11.9. The molecule has 102 valence electrons. The van der Waals surface area contributed by atoms with Crippen molar-refractivity contribution in [3.63, 3.8) is 0 Å². The summed E-state index contributed by atoms with van der Waals surface area (Å²) in [6, 6.07) is -0.147. The van der Waals surface area contributed by atoms with Crippen molar-refractivity contribution in [2.75, 3.05) is 11.9 Å². The first kappa shape index (κ1) is 15.0. The average molecular weight is 274 g/mol. The van der Waals surface area contributed by atoms with Gasteiger partial charge in [0.15, 0.2) is 0 Å². The van der Waals surface area contributed by atoms with Crippen molar-refractivity contribution in [2.45, 2.75) is 39.8 Å². The van der Waals surface area contributed by atoms with Crippen LogP contribution in [-0.2, 0) is 6.54 Å². The molecular weight excluding hydrogens is 254 g/mol. The van der Waals surface area contributed by atoms with Crippen LogP contribution in [0.3, 0.4) is 0 Å². The summed E-state index contributed by atoms with van der Waals surface area (Å²) >= 11 is 6.02. The van der Waals surface area contributed by atoms with Crippen LogP contribution in [0.5, 0.6) is 0 Å². The second-order valence-corrected chi connectivity index (χ2v) is 4.96. The Hall–Kier alpha value is -1.07. The first-order valence-electron chi connectivity index (χ1n) is 6.14. The molecule has 1 heterocycles. The first-order chi connectivity index (χ1) is 8.51. The minimum absolute atomic E-state index is 0.0218. The van der Waals surface area contributed by atoms with Gasteiger partial charge in [0.05, 0.1) is 24.5 Å². The molecule has 1 atom stereocenters. The summed E-state index contributed by atoms with van der Waals surface area (Å²) in [5.74, 6) is 0.226. The highest BCUT2D eigenvalue weighted by Gasteiger charge is 2.15. The Balaban J connectivity index is 2.98. The Morgan fingerprint density at radius 1 is 1.56 bits per heavy atom. The molecule has 1 aromatic rings. The molecule has 0 saturated carbocycles. The van der Waals surface area contributed by atoms with E-state index >= 15 is 0 Å². The minimum atomic E-state index is -0.302. The molecule has 0 saturated heterocycles. The quantitative estimate of drug-likeness (QED) is 0.828. The van der Waals surface area contributed by atoms with Gasteiger partial charge in [0.1, 0.15) is 5.02 Å². The van der Waals surface area contributed by atoms with Gasteiger partial charge in [-0.2, -0.15) is 5.10 Å². The lowest BCUT2D eigenvalue weighted by atomic mass is 10.1. The summed E-state index contributed by atoms with van der Waals surface area (Å²) < 4.78 is 1.34. The number of rotatable bonds is 6. The molecule has 0 aliphatic rings. The number of hydrogen-bond donors (Lipinski definition) is 2. The number of nitrogens with zero attached hydrogens (tertiary/aromatic N) is 2. The number of hydrogen-bond acceptors (Lipinski definition) is 4. The maximum atomic E-state index is 11.9. The Morgan fingerprint density at radius 2 is 2.22 bits per heavy atom. The van der Waals surface area contributed by atoms with E-state index in [4.69, 9.17) is 11.6 Å². The van der Waals surface area contributed by atoms with Crippen molar-refractivity contribution in [3.05, 3.63) is 21.6 Å². The molecule has 0 radical (unpaired) electrons. The highest BCUT2D eigenvalue weighted by molar-refractivity contribution is 6.32. The van der Waals surface area contributed by atoms with Crippen molar-refractivity contribution < 1.29 is 5.11 Å². The van der Waals surface area contributed by atoms with E-state index in [1.165, 1.54) is 10.9 Å². The lowest BCUT2D eigenvalue weighted by Gasteiger charge is -2.21. The van der Waals surface area contributed by atoms with Gasteiger partial charge in [0, 0.05) is 6.54 Å². The fourth-order valence-corrected chi connectivity index (χ4v) is 1.76. The number of aliphatic hydroxyl groups is 1. The van der Waals surface area contributed by atoms with E-state index in [9.17, 15) is 9.90 Å². The van der Waals surface area contributed by atoms with E-state index in [2.05, 4.69) is 10.4 Å². The number of aromatic nitrogens is 2. The van der Waals surface area contributed by atoms with Gasteiger partial charge >= 0.3 is 0 Å². The van der Waals surface area contributed by atoms with E-state index in [-0.39, 0.29) is 29.1 Å². The lowest BCUT2D eigenvalue weighted by molar-refractivity contribution is 0.249. The van der Waals surface area contributed by atoms with Gasteiger partial charge in [0.2, 0.25) is 0 Å². The second-order valence-electron chi connectivity index (χ2n) is 4.58. The van der Waals surface area contributed by atoms with Gasteiger partial charge in [-0.05, 0) is 12.3 Å². The summed E-state index contributed by atoms with van der Waals surface area (Å²) in [6.45, 7) is 6.45. The van der Waals surface area contributed by atoms with Crippen molar-refractivity contribution in [1.29, 1.82) is 0 Å². The molecule has 0 aliphatic heterocycles. The highest BCUT2D eigenvalue weighted by atomic mass is 35.5. The third kappa shape index (κ3) is 3.46. The van der Waals surface area contributed by atoms with E-state index in [0.717, 1.165) is 6.42 Å². The molecule has 0 spiro atoms. The van der Waals surface area contributed by atoms with E-state index in [1.54, 1.807) is 0 Å². The number of anilines is 1. The smallest absolute Gasteiger partial charge is 0.287 e. The topological polar surface area (TPSA) is 67.2 Å². The zero-order chi connectivity index (χ0) is 13.7. The molecule has 2 N–H and O–H groups in total. The molecular formula is C12H20ClN3O2. The summed E-state index contributed by atoms with van der Waals surface area (Å²) in [5, 5.41) is 16.5. The van der Waals surface area contributed by atoms with Crippen LogP contribution in [0.15, 0.2) is 11.0 Å². The standard InChI is InChI=1S/C12H20ClN3O2/c1-4-5-16-12(18)11(13)9(6-14-16)15-10(7-17)8(2)3/h6,8,10,15,17H,4-5,7H2,1-3H3. The SMILES string of the molecule is CCCn1ncc(NC(CO)C(C)C)c(Cl)c1=O. The predicted molar refractivity (Wildman–Crippen MR) is 73.1 cm³/mol. The van der Waals surface area contributed by atoms with Gasteiger partial charge in [-0.3, -0.25) is 4.79 Å². The van der Waals surface area contributed by atoms with Gasteiger partial charge < -0.3 is 10.4 Å². The third-order valence-electron chi connectivity index (χ3n) is 2.76. The Bertz CT molecular complexity index is 445. The Kier molecular flexibility index (Phi) is 5.62. The molecule has 0 fully saturated rings. The normalized spacial score (nSPS) is 12.8. The highest BCUT2D eigenvalue weighted by Crippen LogP contribution is 2.18. The molecule has 0 aromatic carbocycles. The van der Waals surface area contributed by atoms with Crippen LogP contribution in [0.2, 0.25) is 5.02 Å². The van der Waals surface area contributed by atoms with Crippen molar-refractivity contribution in [2.24, 2.45) is 5.92 Å². The zero-order valence-corrected chi connectivity index (χ0v) is 11.7. The fourth-order valence-electron chi connectivity index (χ4n) is 1.56. The maximum Gasteiger partial charge on any atom is 0.287 e. The monoisotopic (exact) mass is 273 g/mol. The molecule has 0 amide bonds. The number of aliphatic hydroxyl groups excluding tert-OH is 1. The van der Waals surface area contributed by atoms with Crippen LogP contribution in [0.1, 0.15) is 27.2 Å². The Morgan fingerprint density at radius 3 is 2.72 bits per heavy atom. The van der Waals surface area contributed by atoms with Gasteiger partial charge in [-0.15, -0.1) is 0 Å². The van der Waals surface area contributed by atoms with Crippen molar-refractivity contribution in [1.82, 2.24) is 9.78 Å². The van der Waals surface area contributed by atoms with Crippen LogP contribution < -0.4 is 10.9 Å². The zero-order valence-electron chi connectivity index (χ0n) is 11.0. The molecule has 1 unspecified atom stereocenters. The van der Waals surface area contributed by atoms with Crippen LogP contribution >= 0.6 is 11.6 Å². The first-order valence-corrected chi connectivity index (χ1v) is 6.52. The fraction of sp³-hybridized carbons (Fsp3) is 0.667. The number of aryl methyl sites for hydroxylation is 1. The molecule has 18 heavy (non-hydrogen) atoms. The summed E-state index contributed by atoms with van der Waals surface area (Å²) in [6.07, 6.45) is 2.35. The van der Waals surface area contributed by atoms with Crippen molar-refractivity contribution in [3.8, 4) is 0 Å². The summed E-state index contributed by atoms with van der Waals surface area (Å²) in [7, 11) is 0. The van der Waals surface area contributed by atoms with E-state index in [0.29, 0.717) is 12.2 Å². The molecule has 1 aromatic heterocycles. The second kappa shape index (κ2) is 6.75. The van der Waals surface area contributed by atoms with Gasteiger partial charge in [-0.1, -0.05) is 32.4 Å². The van der Waals surface area contributed by atoms with Crippen LogP contribution in [0, 0.1) is 5.92 Å². The average Bonchev–Trinajstić information content (AvgIpc) is 2.34.